The van der Waals surface area contributed by atoms with Crippen molar-refractivity contribution in [1.29, 1.82) is 0 Å². The van der Waals surface area contributed by atoms with E-state index in [1.807, 2.05) is 37.8 Å². The van der Waals surface area contributed by atoms with Gasteiger partial charge in [0.15, 0.2) is 5.13 Å². The Balaban J connectivity index is 1.61. The maximum atomic E-state index is 13.5. The van der Waals surface area contributed by atoms with Crippen molar-refractivity contribution in [2.24, 2.45) is 0 Å². The predicted octanol–water partition coefficient (Wildman–Crippen LogP) is 4.70. The van der Waals surface area contributed by atoms with Crippen molar-refractivity contribution in [2.45, 2.75) is 27.2 Å². The van der Waals surface area contributed by atoms with E-state index in [0.717, 1.165) is 65.8 Å². The molecule has 0 N–H and O–H groups in total. The molecule has 2 aromatic heterocycles. The molecule has 0 bridgehead atoms. The molecule has 9 heteroatoms. The third-order valence-electron chi connectivity index (χ3n) is 5.17. The minimum Gasteiger partial charge on any atom is -0.379 e. The Bertz CT molecular complexity index is 1060. The fourth-order valence-corrected chi connectivity index (χ4v) is 5.99. The Hall–Kier alpha value is -1.58. The van der Waals surface area contributed by atoms with Crippen molar-refractivity contribution in [2.75, 3.05) is 44.3 Å². The molecule has 0 spiro atoms. The number of morpholine rings is 1. The lowest BCUT2D eigenvalue weighted by Gasteiger charge is -2.27. The second-order valence-electron chi connectivity index (χ2n) is 7.48. The van der Waals surface area contributed by atoms with E-state index in [1.165, 1.54) is 22.7 Å². The van der Waals surface area contributed by atoms with Crippen LogP contribution in [-0.2, 0) is 4.74 Å². The number of hydrogen-bond acceptors (Lipinski definition) is 7. The number of halogens is 1. The minimum atomic E-state index is -0.0251. The molecule has 1 aliphatic heterocycles. The number of benzene rings is 1. The Morgan fingerprint density at radius 2 is 1.97 bits per heavy atom. The van der Waals surface area contributed by atoms with E-state index in [4.69, 9.17) is 21.3 Å². The fourth-order valence-electron chi connectivity index (χ4n) is 3.67. The first kappa shape index (κ1) is 21.6. The number of nitrogens with zero attached hydrogens (tertiary/aromatic N) is 4. The first-order valence-corrected chi connectivity index (χ1v) is 12.1. The van der Waals surface area contributed by atoms with E-state index in [-0.39, 0.29) is 5.91 Å². The van der Waals surface area contributed by atoms with Crippen molar-refractivity contribution < 1.29 is 9.53 Å². The van der Waals surface area contributed by atoms with Crippen LogP contribution in [0.15, 0.2) is 12.1 Å². The van der Waals surface area contributed by atoms with Crippen LogP contribution in [-0.4, -0.2) is 60.2 Å². The number of amides is 1. The van der Waals surface area contributed by atoms with Crippen LogP contribution >= 0.6 is 34.3 Å². The molecule has 1 aliphatic rings. The van der Waals surface area contributed by atoms with Gasteiger partial charge in [-0.3, -0.25) is 14.6 Å². The van der Waals surface area contributed by atoms with Crippen LogP contribution < -0.4 is 4.90 Å². The zero-order chi connectivity index (χ0) is 21.3. The van der Waals surface area contributed by atoms with Gasteiger partial charge in [-0.05, 0) is 44.9 Å². The van der Waals surface area contributed by atoms with Gasteiger partial charge >= 0.3 is 0 Å². The zero-order valence-corrected chi connectivity index (χ0v) is 19.8. The van der Waals surface area contributed by atoms with E-state index in [0.29, 0.717) is 21.6 Å². The van der Waals surface area contributed by atoms with Crippen LogP contribution in [0.3, 0.4) is 0 Å². The molecule has 4 rings (SSSR count). The summed E-state index contributed by atoms with van der Waals surface area (Å²) in [6, 6.07) is 3.83. The number of carbonyl (C=O) groups excluding carboxylic acids is 1. The number of thiazole rings is 2. The molecule has 1 aromatic carbocycles. The van der Waals surface area contributed by atoms with Crippen LogP contribution in [0.1, 0.15) is 32.4 Å². The summed E-state index contributed by atoms with van der Waals surface area (Å²) in [5.41, 5.74) is 2.70. The summed E-state index contributed by atoms with van der Waals surface area (Å²) in [4.78, 5) is 27.6. The molecule has 1 saturated heterocycles. The van der Waals surface area contributed by atoms with Crippen LogP contribution in [0.4, 0.5) is 5.13 Å². The third-order valence-corrected chi connectivity index (χ3v) is 7.48. The number of carbonyl (C=O) groups is 1. The monoisotopic (exact) mass is 464 g/mol. The van der Waals surface area contributed by atoms with E-state index in [9.17, 15) is 4.79 Å². The molecule has 0 aliphatic carbocycles. The molecule has 160 valence electrons. The van der Waals surface area contributed by atoms with Crippen LogP contribution in [0.5, 0.6) is 0 Å². The van der Waals surface area contributed by atoms with Crippen LogP contribution in [0.2, 0.25) is 5.02 Å². The zero-order valence-electron chi connectivity index (χ0n) is 17.4. The van der Waals surface area contributed by atoms with Crippen molar-refractivity contribution in [1.82, 2.24) is 14.9 Å². The van der Waals surface area contributed by atoms with Crippen molar-refractivity contribution in [3.8, 4) is 0 Å². The van der Waals surface area contributed by atoms with Crippen molar-refractivity contribution in [3.63, 3.8) is 0 Å². The average Bonchev–Trinajstić information content (AvgIpc) is 3.28. The predicted molar refractivity (Wildman–Crippen MR) is 125 cm³/mol. The van der Waals surface area contributed by atoms with Gasteiger partial charge in [-0.2, -0.15) is 0 Å². The van der Waals surface area contributed by atoms with E-state index >= 15 is 0 Å². The number of anilines is 1. The summed E-state index contributed by atoms with van der Waals surface area (Å²) in [5, 5.41) is 2.30. The molecule has 3 aromatic rings. The lowest BCUT2D eigenvalue weighted by molar-refractivity contribution is 0.0376. The molecule has 1 amide bonds. The largest absolute Gasteiger partial charge is 0.379 e. The first-order valence-electron chi connectivity index (χ1n) is 10.0. The number of aryl methyl sites for hydroxylation is 3. The Morgan fingerprint density at radius 1 is 1.20 bits per heavy atom. The molecule has 3 heterocycles. The maximum absolute atomic E-state index is 13.5. The van der Waals surface area contributed by atoms with Gasteiger partial charge in [0.25, 0.3) is 5.91 Å². The van der Waals surface area contributed by atoms with E-state index in [2.05, 4.69) is 9.88 Å². The number of hydrogen-bond donors (Lipinski definition) is 0. The fraction of sp³-hybridized carbons (Fsp3) is 0.476. The third kappa shape index (κ3) is 4.68. The second kappa shape index (κ2) is 9.28. The summed E-state index contributed by atoms with van der Waals surface area (Å²) in [5.74, 6) is -0.0251. The minimum absolute atomic E-state index is 0.0251. The van der Waals surface area contributed by atoms with Gasteiger partial charge < -0.3 is 4.74 Å². The van der Waals surface area contributed by atoms with Crippen molar-refractivity contribution in [3.05, 3.63) is 38.3 Å². The quantitative estimate of drug-likeness (QED) is 0.529. The summed E-state index contributed by atoms with van der Waals surface area (Å²) >= 11 is 9.20. The highest BCUT2D eigenvalue weighted by atomic mass is 35.5. The lowest BCUT2D eigenvalue weighted by Crippen LogP contribution is -2.39. The summed E-state index contributed by atoms with van der Waals surface area (Å²) < 4.78 is 6.43. The topological polar surface area (TPSA) is 58.6 Å². The first-order chi connectivity index (χ1) is 14.4. The Kier molecular flexibility index (Phi) is 6.69. The molecule has 0 saturated carbocycles. The van der Waals surface area contributed by atoms with Gasteiger partial charge in [-0.1, -0.05) is 22.9 Å². The standard InChI is InChI=1S/C21H25ClN4O2S2/c1-13-11-16(22)12-17-18(13)24-21(30-17)26(6-4-5-25-7-9-28-10-8-25)20(27)19-14(2)23-15(3)29-19/h11-12H,4-10H2,1-3H3. The molecular formula is C21H25ClN4O2S2. The number of aromatic nitrogens is 2. The summed E-state index contributed by atoms with van der Waals surface area (Å²) in [6.45, 7) is 10.8. The Labute approximate surface area is 189 Å². The van der Waals surface area contributed by atoms with Crippen molar-refractivity contribution >= 4 is 55.5 Å². The van der Waals surface area contributed by atoms with Gasteiger partial charge in [0.2, 0.25) is 0 Å². The van der Waals surface area contributed by atoms with Gasteiger partial charge in [0.1, 0.15) is 4.88 Å². The second-order valence-corrected chi connectivity index (χ2v) is 10.1. The highest BCUT2D eigenvalue weighted by Gasteiger charge is 2.25. The number of ether oxygens (including phenoxy) is 1. The highest BCUT2D eigenvalue weighted by Crippen LogP contribution is 2.34. The van der Waals surface area contributed by atoms with Gasteiger partial charge in [0.05, 0.1) is 34.1 Å². The number of rotatable bonds is 6. The normalized spacial score (nSPS) is 15.1. The molecular weight excluding hydrogens is 440 g/mol. The van der Waals surface area contributed by atoms with Gasteiger partial charge in [-0.15, -0.1) is 11.3 Å². The molecule has 0 radical (unpaired) electrons. The molecule has 30 heavy (non-hydrogen) atoms. The molecule has 1 fully saturated rings. The van der Waals surface area contributed by atoms with Crippen LogP contribution in [0.25, 0.3) is 10.2 Å². The van der Waals surface area contributed by atoms with Gasteiger partial charge in [-0.25, -0.2) is 9.97 Å². The average molecular weight is 465 g/mol. The van der Waals surface area contributed by atoms with E-state index < -0.39 is 0 Å². The SMILES string of the molecule is Cc1nc(C)c(C(=O)N(CCCN2CCOCC2)c2nc3c(C)cc(Cl)cc3s2)s1. The number of fused-ring (bicyclic) bond motifs is 1. The van der Waals surface area contributed by atoms with Crippen LogP contribution in [0, 0.1) is 20.8 Å². The lowest BCUT2D eigenvalue weighted by atomic mass is 10.2. The highest BCUT2D eigenvalue weighted by molar-refractivity contribution is 7.22. The Morgan fingerprint density at radius 3 is 2.67 bits per heavy atom. The van der Waals surface area contributed by atoms with E-state index in [1.54, 1.807) is 0 Å². The van der Waals surface area contributed by atoms with Gasteiger partial charge in [0, 0.05) is 31.2 Å². The molecule has 0 unspecified atom stereocenters. The smallest absolute Gasteiger partial charge is 0.272 e. The molecule has 0 atom stereocenters. The summed E-state index contributed by atoms with van der Waals surface area (Å²) in [6.07, 6.45) is 0.873. The summed E-state index contributed by atoms with van der Waals surface area (Å²) in [7, 11) is 0. The maximum Gasteiger partial charge on any atom is 0.272 e. The molecule has 6 nitrogen and oxygen atoms in total.